The van der Waals surface area contributed by atoms with Gasteiger partial charge in [-0.2, -0.15) is 0 Å². The van der Waals surface area contributed by atoms with Gasteiger partial charge in [0.05, 0.1) is 22.7 Å². The molecule has 0 unspecified atom stereocenters. The van der Waals surface area contributed by atoms with E-state index in [4.69, 9.17) is 0 Å². The minimum atomic E-state index is 1.14. The Hall–Kier alpha value is -11.6. The van der Waals surface area contributed by atoms with Crippen molar-refractivity contribution in [3.63, 3.8) is 0 Å². The molecule has 0 atom stereocenters. The van der Waals surface area contributed by atoms with Gasteiger partial charge in [0.2, 0.25) is 0 Å². The molecule has 98 heavy (non-hydrogen) atoms. The van der Waals surface area contributed by atoms with E-state index in [1.807, 2.05) is 70.1 Å². The number of rotatable bonds is 8. The summed E-state index contributed by atoms with van der Waals surface area (Å²) in [5, 5.41) is 20.2. The van der Waals surface area contributed by atoms with Crippen molar-refractivity contribution in [2.24, 2.45) is 0 Å². The highest BCUT2D eigenvalue weighted by Crippen LogP contribution is 2.59. The average molecular weight is 1320 g/mol. The third-order valence-corrected chi connectivity index (χ3v) is 24.6. The van der Waals surface area contributed by atoms with Crippen molar-refractivity contribution in [2.75, 3.05) is 9.80 Å². The molecule has 4 aliphatic heterocycles. The molecule has 6 heterocycles. The van der Waals surface area contributed by atoms with E-state index in [2.05, 4.69) is 311 Å². The summed E-state index contributed by atoms with van der Waals surface area (Å²) in [4.78, 5) is 14.2. The second-order valence-corrected chi connectivity index (χ2v) is 29.7. The molecular formula is C90H52N4S4. The number of hydrogen-bond acceptors (Lipinski definition) is 8. The topological polar surface area (TPSA) is 32.3 Å². The van der Waals surface area contributed by atoms with Crippen molar-refractivity contribution >= 4 is 203 Å². The molecule has 0 aliphatic carbocycles. The van der Waals surface area contributed by atoms with Gasteiger partial charge in [0, 0.05) is 161 Å². The summed E-state index contributed by atoms with van der Waals surface area (Å²) in [5.74, 6) is 0. The van der Waals surface area contributed by atoms with Gasteiger partial charge in [-0.15, -0.1) is 45.3 Å². The maximum absolute atomic E-state index is 4.62. The van der Waals surface area contributed by atoms with Crippen LogP contribution in [-0.2, 0) is 0 Å². The number of hydrogen-bond donors (Lipinski definition) is 0. The van der Waals surface area contributed by atoms with Crippen LogP contribution in [0.3, 0.4) is 0 Å². The fourth-order valence-electron chi connectivity index (χ4n) is 16.0. The second kappa shape index (κ2) is 22.0. The lowest BCUT2D eigenvalue weighted by molar-refractivity contribution is 1.32. The van der Waals surface area contributed by atoms with Gasteiger partial charge in [0.15, 0.2) is 0 Å². The van der Waals surface area contributed by atoms with Crippen LogP contribution in [0.4, 0.5) is 34.1 Å². The molecule has 0 fully saturated rings. The van der Waals surface area contributed by atoms with Gasteiger partial charge in [-0.1, -0.05) is 206 Å². The van der Waals surface area contributed by atoms with E-state index in [0.717, 1.165) is 11.4 Å². The van der Waals surface area contributed by atoms with E-state index in [-0.39, 0.29) is 0 Å². The van der Waals surface area contributed by atoms with Gasteiger partial charge >= 0.3 is 0 Å². The third kappa shape index (κ3) is 8.39. The van der Waals surface area contributed by atoms with E-state index in [9.17, 15) is 0 Å². The number of anilines is 6. The third-order valence-electron chi connectivity index (χ3n) is 20.2. The molecule has 8 heteroatoms. The standard InChI is InChI=1S/C52H32N2S2.C38H20N2S2/c1-3-19-35(20-4-1)53(41-27-11-17-33-15-7-9-23-37(33)41)43-31-47-51-49-39(43)25-13-29-45(49)56-48-32-44(40-26-14-30-46(55-47)50(40)52(48)51)54(36-21-5-2-6-22-36)42-28-12-18-34-16-8-10-24-38(34)42;1-3-7-23-21(5-1)17-39-19-29(23)25-9-13-31-35-27(25)11-15-33-37(35)38-34(41-31)16-12-28-26(10-14-32(42-33)36(28)38)30-20-40-18-22-6-2-4-8-24(22)30/h1-32H;1-20H. The number of para-hydroxylation sites is 2. The van der Waals surface area contributed by atoms with E-state index in [1.165, 1.54) is 191 Å². The molecule has 0 saturated heterocycles. The highest BCUT2D eigenvalue weighted by molar-refractivity contribution is 7.28. The largest absolute Gasteiger partial charge is 0.309 e. The summed E-state index contributed by atoms with van der Waals surface area (Å²) in [5.41, 5.74) is 17.3. The number of benzene rings is 16. The fraction of sp³-hybridized carbons (Fsp3) is 0. The van der Waals surface area contributed by atoms with Gasteiger partial charge in [-0.25, -0.2) is 0 Å². The highest BCUT2D eigenvalue weighted by Gasteiger charge is 2.31. The number of nitrogens with zero attached hydrogens (tertiary/aromatic N) is 4. The zero-order chi connectivity index (χ0) is 64.1. The predicted octanol–water partition coefficient (Wildman–Crippen LogP) is 27.6. The van der Waals surface area contributed by atoms with Gasteiger partial charge < -0.3 is 9.80 Å². The molecule has 456 valence electrons. The van der Waals surface area contributed by atoms with Crippen LogP contribution in [0.1, 0.15) is 0 Å². The lowest BCUT2D eigenvalue weighted by Crippen LogP contribution is -2.12. The monoisotopic (exact) mass is 1320 g/mol. The van der Waals surface area contributed by atoms with Crippen molar-refractivity contribution in [2.45, 2.75) is 0 Å². The first-order valence-electron chi connectivity index (χ1n) is 33.1. The summed E-state index contributed by atoms with van der Waals surface area (Å²) in [6.45, 7) is 0. The molecule has 4 nitrogen and oxygen atoms in total. The first kappa shape index (κ1) is 55.6. The van der Waals surface area contributed by atoms with E-state index in [1.54, 1.807) is 0 Å². The minimum Gasteiger partial charge on any atom is -0.309 e. The zero-order valence-electron chi connectivity index (χ0n) is 52.4. The highest BCUT2D eigenvalue weighted by atomic mass is 32.1. The smallest absolute Gasteiger partial charge is 0.0555 e. The normalized spacial score (nSPS) is 12.1. The molecule has 0 saturated carbocycles. The van der Waals surface area contributed by atoms with E-state index in [0.29, 0.717) is 0 Å². The molecule has 18 aromatic rings. The number of fused-ring (bicyclic) bond motifs is 4. The Balaban J connectivity index is 0.000000134. The Bertz CT molecular complexity index is 6410. The van der Waals surface area contributed by atoms with Crippen LogP contribution in [0.2, 0.25) is 0 Å². The molecule has 0 radical (unpaired) electrons. The van der Waals surface area contributed by atoms with Crippen LogP contribution in [0.25, 0.3) is 168 Å². The molecule has 2 aromatic heterocycles. The number of aromatic nitrogens is 2. The first-order chi connectivity index (χ1) is 48.6. The van der Waals surface area contributed by atoms with Crippen LogP contribution in [0.5, 0.6) is 0 Å². The Morgan fingerprint density at radius 1 is 0.204 bits per heavy atom. The number of pyridine rings is 2. The molecule has 0 amide bonds. The van der Waals surface area contributed by atoms with Crippen molar-refractivity contribution in [1.82, 2.24) is 9.97 Å². The van der Waals surface area contributed by atoms with Crippen LogP contribution in [0, 0.1) is 0 Å². The maximum Gasteiger partial charge on any atom is 0.0555 e. The maximum atomic E-state index is 4.62. The van der Waals surface area contributed by atoms with Gasteiger partial charge in [-0.05, 0) is 128 Å². The summed E-state index contributed by atoms with van der Waals surface area (Å²) in [6, 6.07) is 107. The molecule has 22 rings (SSSR count). The summed E-state index contributed by atoms with van der Waals surface area (Å²) in [7, 11) is 0. The molecule has 16 aromatic carbocycles. The van der Waals surface area contributed by atoms with Crippen LogP contribution in [-0.4, -0.2) is 9.97 Å². The molecular weight excluding hydrogens is 1270 g/mol. The lowest BCUT2D eigenvalue weighted by Gasteiger charge is -2.31. The molecule has 0 spiro atoms. The Morgan fingerprint density at radius 3 is 1.00 bits per heavy atom. The summed E-state index contributed by atoms with van der Waals surface area (Å²) in [6.07, 6.45) is 7.96. The summed E-state index contributed by atoms with van der Waals surface area (Å²) >= 11 is 7.62. The lowest BCUT2D eigenvalue weighted by atomic mass is 9.88. The van der Waals surface area contributed by atoms with Gasteiger partial charge in [0.1, 0.15) is 0 Å². The van der Waals surface area contributed by atoms with Crippen LogP contribution >= 0.6 is 45.3 Å². The Morgan fingerprint density at radius 2 is 0.541 bits per heavy atom. The molecule has 0 N–H and O–H groups in total. The average Bonchev–Trinajstić information content (AvgIpc) is 0.748. The Labute approximate surface area is 579 Å². The van der Waals surface area contributed by atoms with Crippen molar-refractivity contribution in [1.29, 1.82) is 0 Å². The van der Waals surface area contributed by atoms with Crippen LogP contribution < -0.4 is 9.80 Å². The zero-order valence-corrected chi connectivity index (χ0v) is 55.7. The van der Waals surface area contributed by atoms with Gasteiger partial charge in [-0.3, -0.25) is 9.97 Å². The quantitative estimate of drug-likeness (QED) is 0.112. The Kier molecular flexibility index (Phi) is 12.5. The predicted molar refractivity (Wildman–Crippen MR) is 426 cm³/mol. The fourth-order valence-corrected chi connectivity index (χ4v) is 20.6. The minimum absolute atomic E-state index is 1.14. The SMILES string of the molecule is c1ccc(N(c2cccc3ccccc23)c2cc3sc4cccc5c(N(c6ccccc6)c6cccc7ccccc67)cc6sc7cccc2c7c3-c6c45)cc1.c1ccc2c(-c3ccc4sc5ccc6c(-c7cncc8ccccc78)ccc7sc8ccc3c4c8-c5c76)cncc2c1. The van der Waals surface area contributed by atoms with E-state index < -0.39 is 0 Å². The van der Waals surface area contributed by atoms with Gasteiger partial charge in [0.25, 0.3) is 0 Å². The molecule has 4 aliphatic rings. The summed E-state index contributed by atoms with van der Waals surface area (Å²) < 4.78 is 10.5. The van der Waals surface area contributed by atoms with Crippen LogP contribution in [0.15, 0.2) is 316 Å². The first-order valence-corrected chi connectivity index (χ1v) is 36.3. The van der Waals surface area contributed by atoms with Crippen molar-refractivity contribution in [3.05, 3.63) is 316 Å². The van der Waals surface area contributed by atoms with E-state index >= 15 is 0 Å². The second-order valence-electron chi connectivity index (χ2n) is 25.4. The molecule has 0 bridgehead atoms. The van der Waals surface area contributed by atoms with Crippen molar-refractivity contribution < 1.29 is 0 Å². The van der Waals surface area contributed by atoms with Crippen molar-refractivity contribution in [3.8, 4) is 44.5 Å².